The Hall–Kier alpha value is -1.13. The van der Waals surface area contributed by atoms with Crippen molar-refractivity contribution in [3.05, 3.63) is 40.1 Å². The lowest BCUT2D eigenvalue weighted by molar-refractivity contribution is 0.645. The Bertz CT molecular complexity index is 472. The summed E-state index contributed by atoms with van der Waals surface area (Å²) in [6, 6.07) is 2.42. The summed E-state index contributed by atoms with van der Waals surface area (Å²) in [6.45, 7) is 5.01. The number of aryl methyl sites for hydroxylation is 1. The molecule has 0 amide bonds. The highest BCUT2D eigenvalue weighted by Crippen LogP contribution is 2.11. The fourth-order valence-corrected chi connectivity index (χ4v) is 2.43. The van der Waals surface area contributed by atoms with Gasteiger partial charge in [-0.1, -0.05) is 6.92 Å². The maximum atomic E-state index is 5.95. The molecule has 92 valence electrons. The van der Waals surface area contributed by atoms with Gasteiger partial charge in [0.25, 0.3) is 0 Å². The highest BCUT2D eigenvalue weighted by atomic mass is 32.1. The van der Waals surface area contributed by atoms with Crippen LogP contribution in [0.1, 0.15) is 29.6 Å². The SMILES string of the molecule is CCC(N)Cc1ccn(Cc2csc(C)n2)c1. The number of rotatable bonds is 5. The third-order valence-electron chi connectivity index (χ3n) is 2.85. The van der Waals surface area contributed by atoms with Gasteiger partial charge in [0.2, 0.25) is 0 Å². The van der Waals surface area contributed by atoms with E-state index in [-0.39, 0.29) is 6.04 Å². The topological polar surface area (TPSA) is 43.8 Å². The van der Waals surface area contributed by atoms with Crippen LogP contribution < -0.4 is 5.73 Å². The van der Waals surface area contributed by atoms with Gasteiger partial charge in [-0.15, -0.1) is 11.3 Å². The van der Waals surface area contributed by atoms with Crippen LogP contribution in [-0.4, -0.2) is 15.6 Å². The summed E-state index contributed by atoms with van der Waals surface area (Å²) in [5.41, 5.74) is 8.40. The number of thiazole rings is 1. The van der Waals surface area contributed by atoms with Gasteiger partial charge in [-0.2, -0.15) is 0 Å². The van der Waals surface area contributed by atoms with Gasteiger partial charge in [0.05, 0.1) is 17.2 Å². The Balaban J connectivity index is 1.98. The minimum absolute atomic E-state index is 0.271. The van der Waals surface area contributed by atoms with Crippen LogP contribution in [0.2, 0.25) is 0 Å². The van der Waals surface area contributed by atoms with Crippen molar-refractivity contribution in [2.24, 2.45) is 5.73 Å². The molecule has 2 aromatic heterocycles. The molecule has 2 rings (SSSR count). The van der Waals surface area contributed by atoms with Crippen LogP contribution in [-0.2, 0) is 13.0 Å². The van der Waals surface area contributed by atoms with Gasteiger partial charge < -0.3 is 10.3 Å². The smallest absolute Gasteiger partial charge is 0.0898 e. The Labute approximate surface area is 106 Å². The van der Waals surface area contributed by atoms with E-state index in [9.17, 15) is 0 Å². The van der Waals surface area contributed by atoms with E-state index < -0.39 is 0 Å². The Morgan fingerprint density at radius 1 is 1.53 bits per heavy atom. The Morgan fingerprint density at radius 3 is 3.00 bits per heavy atom. The van der Waals surface area contributed by atoms with Crippen LogP contribution >= 0.6 is 11.3 Å². The van der Waals surface area contributed by atoms with E-state index in [4.69, 9.17) is 5.73 Å². The zero-order chi connectivity index (χ0) is 12.3. The second kappa shape index (κ2) is 5.47. The first kappa shape index (κ1) is 12.3. The van der Waals surface area contributed by atoms with Gasteiger partial charge in [0.1, 0.15) is 0 Å². The molecule has 0 bridgehead atoms. The predicted octanol–water partition coefficient (Wildman–Crippen LogP) is 2.58. The molecule has 2 heterocycles. The molecule has 1 unspecified atom stereocenters. The molecule has 17 heavy (non-hydrogen) atoms. The molecule has 3 nitrogen and oxygen atoms in total. The molecule has 1 atom stereocenters. The van der Waals surface area contributed by atoms with Gasteiger partial charge in [-0.25, -0.2) is 4.98 Å². The minimum Gasteiger partial charge on any atom is -0.348 e. The lowest BCUT2D eigenvalue weighted by atomic mass is 10.1. The largest absolute Gasteiger partial charge is 0.348 e. The molecule has 0 saturated heterocycles. The molecule has 0 spiro atoms. The van der Waals surface area contributed by atoms with Crippen molar-refractivity contribution >= 4 is 11.3 Å². The van der Waals surface area contributed by atoms with Gasteiger partial charge in [0.15, 0.2) is 0 Å². The van der Waals surface area contributed by atoms with E-state index in [0.29, 0.717) is 0 Å². The third-order valence-corrected chi connectivity index (χ3v) is 3.67. The number of hydrogen-bond donors (Lipinski definition) is 1. The number of nitrogens with zero attached hydrogens (tertiary/aromatic N) is 2. The second-order valence-electron chi connectivity index (χ2n) is 4.42. The van der Waals surface area contributed by atoms with Crippen LogP contribution in [0.25, 0.3) is 0 Å². The number of nitrogens with two attached hydrogens (primary N) is 1. The van der Waals surface area contributed by atoms with E-state index in [1.54, 1.807) is 11.3 Å². The van der Waals surface area contributed by atoms with Crippen molar-refractivity contribution in [1.82, 2.24) is 9.55 Å². The first-order valence-electron chi connectivity index (χ1n) is 5.98. The van der Waals surface area contributed by atoms with Crippen molar-refractivity contribution in [3.63, 3.8) is 0 Å². The zero-order valence-corrected chi connectivity index (χ0v) is 11.2. The molecule has 0 aromatic carbocycles. The maximum absolute atomic E-state index is 5.95. The van der Waals surface area contributed by atoms with Crippen molar-refractivity contribution < 1.29 is 0 Å². The summed E-state index contributed by atoms with van der Waals surface area (Å²) in [4.78, 5) is 4.47. The fraction of sp³-hybridized carbons (Fsp3) is 0.462. The van der Waals surface area contributed by atoms with Crippen LogP contribution in [0.3, 0.4) is 0 Å². The quantitative estimate of drug-likeness (QED) is 0.885. The van der Waals surface area contributed by atoms with Gasteiger partial charge in [0, 0.05) is 23.8 Å². The molecule has 0 aliphatic heterocycles. The summed E-state index contributed by atoms with van der Waals surface area (Å²) < 4.78 is 2.17. The first-order chi connectivity index (χ1) is 8.17. The summed E-state index contributed by atoms with van der Waals surface area (Å²) in [7, 11) is 0. The standard InChI is InChI=1S/C13H19N3S/c1-3-12(14)6-11-4-5-16(7-11)8-13-9-17-10(2)15-13/h4-5,7,9,12H,3,6,8,14H2,1-2H3. The van der Waals surface area contributed by atoms with Crippen LogP contribution in [0.15, 0.2) is 23.8 Å². The summed E-state index contributed by atoms with van der Waals surface area (Å²) in [6.07, 6.45) is 6.26. The molecule has 2 N–H and O–H groups in total. The molecular weight excluding hydrogens is 230 g/mol. The van der Waals surface area contributed by atoms with Gasteiger partial charge >= 0.3 is 0 Å². The number of hydrogen-bond acceptors (Lipinski definition) is 3. The summed E-state index contributed by atoms with van der Waals surface area (Å²) in [5.74, 6) is 0. The van der Waals surface area contributed by atoms with Crippen LogP contribution in [0, 0.1) is 6.92 Å². The average Bonchev–Trinajstić information content (AvgIpc) is 2.89. The normalized spacial score (nSPS) is 12.9. The minimum atomic E-state index is 0.271. The van der Waals surface area contributed by atoms with E-state index in [1.807, 2.05) is 6.92 Å². The van der Waals surface area contributed by atoms with E-state index in [0.717, 1.165) is 30.1 Å². The molecule has 4 heteroatoms. The molecule has 0 radical (unpaired) electrons. The third kappa shape index (κ3) is 3.41. The van der Waals surface area contributed by atoms with Crippen molar-refractivity contribution in [2.45, 2.75) is 39.3 Å². The fourth-order valence-electron chi connectivity index (χ4n) is 1.82. The average molecular weight is 249 g/mol. The van der Waals surface area contributed by atoms with Crippen molar-refractivity contribution in [2.75, 3.05) is 0 Å². The molecule has 0 aliphatic carbocycles. The molecular formula is C13H19N3S. The Morgan fingerprint density at radius 2 is 2.35 bits per heavy atom. The monoisotopic (exact) mass is 249 g/mol. The van der Waals surface area contributed by atoms with E-state index in [2.05, 4.69) is 40.3 Å². The molecule has 0 saturated carbocycles. The van der Waals surface area contributed by atoms with Gasteiger partial charge in [-0.05, 0) is 31.4 Å². The lowest BCUT2D eigenvalue weighted by Crippen LogP contribution is -2.21. The number of aromatic nitrogens is 2. The molecule has 0 fully saturated rings. The first-order valence-corrected chi connectivity index (χ1v) is 6.86. The maximum Gasteiger partial charge on any atom is 0.0898 e. The Kier molecular flexibility index (Phi) is 3.97. The summed E-state index contributed by atoms with van der Waals surface area (Å²) >= 11 is 1.70. The molecule has 2 aromatic rings. The zero-order valence-electron chi connectivity index (χ0n) is 10.4. The van der Waals surface area contributed by atoms with Crippen molar-refractivity contribution in [3.8, 4) is 0 Å². The molecule has 0 aliphatic rings. The van der Waals surface area contributed by atoms with Crippen LogP contribution in [0.4, 0.5) is 0 Å². The highest BCUT2D eigenvalue weighted by Gasteiger charge is 2.04. The lowest BCUT2D eigenvalue weighted by Gasteiger charge is -2.05. The van der Waals surface area contributed by atoms with Gasteiger partial charge in [-0.3, -0.25) is 0 Å². The van der Waals surface area contributed by atoms with Crippen molar-refractivity contribution in [1.29, 1.82) is 0 Å². The highest BCUT2D eigenvalue weighted by molar-refractivity contribution is 7.09. The van der Waals surface area contributed by atoms with E-state index >= 15 is 0 Å². The van der Waals surface area contributed by atoms with Crippen LogP contribution in [0.5, 0.6) is 0 Å². The summed E-state index contributed by atoms with van der Waals surface area (Å²) in [5, 5.41) is 3.24. The van der Waals surface area contributed by atoms with E-state index in [1.165, 1.54) is 5.56 Å². The second-order valence-corrected chi connectivity index (χ2v) is 5.48. The predicted molar refractivity (Wildman–Crippen MR) is 72.4 cm³/mol.